The number of hydrogen-bond acceptors (Lipinski definition) is 6. The van der Waals surface area contributed by atoms with E-state index in [9.17, 15) is 13.2 Å². The summed E-state index contributed by atoms with van der Waals surface area (Å²) in [6.45, 7) is 0. The lowest BCUT2D eigenvalue weighted by Gasteiger charge is -2.18. The average molecular weight is 365 g/mol. The zero-order valence-corrected chi connectivity index (χ0v) is 14.9. The molecule has 0 spiro atoms. The summed E-state index contributed by atoms with van der Waals surface area (Å²) < 4.78 is 42.9. The molecule has 0 aliphatic rings. The molecule has 0 saturated heterocycles. The maximum atomic E-state index is 12.8. The van der Waals surface area contributed by atoms with Gasteiger partial charge in [-0.15, -0.1) is 0 Å². The van der Waals surface area contributed by atoms with Gasteiger partial charge in [0.15, 0.2) is 0 Å². The minimum absolute atomic E-state index is 0.130. The van der Waals surface area contributed by atoms with Crippen LogP contribution in [0, 0.1) is 0 Å². The van der Waals surface area contributed by atoms with E-state index in [2.05, 4.69) is 4.72 Å². The molecule has 8 heteroatoms. The van der Waals surface area contributed by atoms with Crippen LogP contribution in [0.3, 0.4) is 0 Å². The van der Waals surface area contributed by atoms with E-state index in [1.54, 1.807) is 36.4 Å². The van der Waals surface area contributed by atoms with E-state index in [0.29, 0.717) is 11.3 Å². The van der Waals surface area contributed by atoms with E-state index in [-0.39, 0.29) is 10.6 Å². The van der Waals surface area contributed by atoms with E-state index in [1.807, 2.05) is 0 Å². The quantitative estimate of drug-likeness (QED) is 0.754. The highest BCUT2D eigenvalue weighted by atomic mass is 32.2. The summed E-state index contributed by atoms with van der Waals surface area (Å²) in [7, 11) is -0.120. The molecule has 2 aromatic carbocycles. The van der Waals surface area contributed by atoms with Crippen molar-refractivity contribution in [1.82, 2.24) is 4.72 Å². The van der Waals surface area contributed by atoms with Crippen molar-refractivity contribution in [1.29, 1.82) is 0 Å². The van der Waals surface area contributed by atoms with Crippen LogP contribution in [0.25, 0.3) is 0 Å². The van der Waals surface area contributed by atoms with E-state index >= 15 is 0 Å². The Labute approximate surface area is 146 Å². The molecule has 0 amide bonds. The van der Waals surface area contributed by atoms with Crippen LogP contribution < -0.4 is 14.2 Å². The summed E-state index contributed by atoms with van der Waals surface area (Å²) in [6, 6.07) is 11.6. The molecular weight excluding hydrogens is 346 g/mol. The van der Waals surface area contributed by atoms with Crippen LogP contribution in [0.2, 0.25) is 0 Å². The fraction of sp³-hybridized carbons (Fsp3) is 0.235. The first kappa shape index (κ1) is 18.8. The molecular formula is C17H19NO6S. The highest BCUT2D eigenvalue weighted by Crippen LogP contribution is 2.29. The summed E-state index contributed by atoms with van der Waals surface area (Å²) >= 11 is 0. The van der Waals surface area contributed by atoms with Crippen LogP contribution in [0.1, 0.15) is 11.6 Å². The van der Waals surface area contributed by atoms with Gasteiger partial charge in [0.25, 0.3) is 0 Å². The predicted octanol–water partition coefficient (Wildman–Crippen LogP) is 1.90. The van der Waals surface area contributed by atoms with Gasteiger partial charge in [0.2, 0.25) is 10.0 Å². The van der Waals surface area contributed by atoms with Crippen LogP contribution in [-0.4, -0.2) is 35.7 Å². The molecule has 0 aromatic heterocycles. The average Bonchev–Trinajstić information content (AvgIpc) is 2.65. The van der Waals surface area contributed by atoms with Crippen molar-refractivity contribution in [3.63, 3.8) is 0 Å². The number of nitrogens with one attached hydrogen (secondary N) is 1. The van der Waals surface area contributed by atoms with Gasteiger partial charge in [-0.05, 0) is 17.7 Å². The Morgan fingerprint density at radius 1 is 1.00 bits per heavy atom. The van der Waals surface area contributed by atoms with Crippen LogP contribution in [0.4, 0.5) is 0 Å². The molecule has 134 valence electrons. The van der Waals surface area contributed by atoms with Gasteiger partial charge in [-0.3, -0.25) is 0 Å². The number of methoxy groups -OCH3 is 3. The molecule has 25 heavy (non-hydrogen) atoms. The summed E-state index contributed by atoms with van der Waals surface area (Å²) in [5.74, 6) is -0.253. The largest absolute Gasteiger partial charge is 0.497 e. The number of rotatable bonds is 7. The molecule has 0 heterocycles. The Balaban J connectivity index is 2.46. The smallest absolute Gasteiger partial charge is 0.328 e. The molecule has 1 N–H and O–H groups in total. The van der Waals surface area contributed by atoms with Gasteiger partial charge in [0.05, 0.1) is 21.3 Å². The molecule has 0 radical (unpaired) electrons. The Morgan fingerprint density at radius 3 is 2.24 bits per heavy atom. The molecule has 2 rings (SSSR count). The molecule has 2 aromatic rings. The van der Waals surface area contributed by atoms with E-state index < -0.39 is 22.0 Å². The van der Waals surface area contributed by atoms with Crippen molar-refractivity contribution in [2.24, 2.45) is 0 Å². The molecule has 0 bridgehead atoms. The van der Waals surface area contributed by atoms with Crippen molar-refractivity contribution in [2.75, 3.05) is 21.3 Å². The minimum atomic E-state index is -4.09. The van der Waals surface area contributed by atoms with Crippen LogP contribution in [0.15, 0.2) is 53.4 Å². The van der Waals surface area contributed by atoms with Crippen LogP contribution >= 0.6 is 0 Å². The topological polar surface area (TPSA) is 90.9 Å². The van der Waals surface area contributed by atoms with Crippen molar-refractivity contribution in [3.8, 4) is 11.5 Å². The number of benzene rings is 2. The molecule has 0 saturated carbocycles. The standard InChI is InChI=1S/C17H19NO6S/c1-22-13-9-10-14(23-2)15(11-13)25(20,21)18-16(17(19)24-3)12-7-5-4-6-8-12/h4-11,16,18H,1-3H3/t16-/m1/s1. The Bertz CT molecular complexity index is 835. The summed E-state index contributed by atoms with van der Waals surface area (Å²) in [6.07, 6.45) is 0. The van der Waals surface area contributed by atoms with Crippen molar-refractivity contribution < 1.29 is 27.4 Å². The maximum Gasteiger partial charge on any atom is 0.328 e. The normalized spacial score (nSPS) is 12.3. The van der Waals surface area contributed by atoms with Crippen molar-refractivity contribution in [2.45, 2.75) is 10.9 Å². The summed E-state index contributed by atoms with van der Waals surface area (Å²) in [5, 5.41) is 0. The lowest BCUT2D eigenvalue weighted by atomic mass is 10.1. The van der Waals surface area contributed by atoms with E-state index in [0.717, 1.165) is 0 Å². The van der Waals surface area contributed by atoms with Gasteiger partial charge in [0, 0.05) is 6.07 Å². The number of ether oxygens (including phenoxy) is 3. The molecule has 1 atom stereocenters. The Hall–Kier alpha value is -2.58. The van der Waals surface area contributed by atoms with E-state index in [4.69, 9.17) is 14.2 Å². The van der Waals surface area contributed by atoms with Gasteiger partial charge in [-0.25, -0.2) is 13.2 Å². The second-order valence-electron chi connectivity index (χ2n) is 5.00. The summed E-state index contributed by atoms with van der Waals surface area (Å²) in [4.78, 5) is 12.0. The fourth-order valence-electron chi connectivity index (χ4n) is 2.23. The second kappa shape index (κ2) is 8.00. The maximum absolute atomic E-state index is 12.8. The first-order valence-corrected chi connectivity index (χ1v) is 8.78. The number of esters is 1. The van der Waals surface area contributed by atoms with Gasteiger partial charge in [-0.1, -0.05) is 30.3 Å². The molecule has 0 aliphatic heterocycles. The third-order valence-corrected chi connectivity index (χ3v) is 4.95. The molecule has 0 aliphatic carbocycles. The van der Waals surface area contributed by atoms with Crippen LogP contribution in [-0.2, 0) is 19.6 Å². The predicted molar refractivity (Wildman–Crippen MR) is 91.1 cm³/mol. The lowest BCUT2D eigenvalue weighted by Crippen LogP contribution is -2.34. The first-order chi connectivity index (χ1) is 11.9. The van der Waals surface area contributed by atoms with Crippen LogP contribution in [0.5, 0.6) is 11.5 Å². The van der Waals surface area contributed by atoms with E-state index in [1.165, 1.54) is 33.5 Å². The molecule has 0 fully saturated rings. The molecule has 7 nitrogen and oxygen atoms in total. The number of hydrogen-bond donors (Lipinski definition) is 1. The number of sulfonamides is 1. The highest BCUT2D eigenvalue weighted by molar-refractivity contribution is 7.89. The van der Waals surface area contributed by atoms with Crippen molar-refractivity contribution >= 4 is 16.0 Å². The molecule has 0 unspecified atom stereocenters. The first-order valence-electron chi connectivity index (χ1n) is 7.30. The highest BCUT2D eigenvalue weighted by Gasteiger charge is 2.30. The van der Waals surface area contributed by atoms with Gasteiger partial charge < -0.3 is 14.2 Å². The van der Waals surface area contributed by atoms with Gasteiger partial charge in [0.1, 0.15) is 22.4 Å². The third-order valence-electron chi connectivity index (χ3n) is 3.50. The van der Waals surface area contributed by atoms with Gasteiger partial charge >= 0.3 is 5.97 Å². The second-order valence-corrected chi connectivity index (χ2v) is 6.69. The summed E-state index contributed by atoms with van der Waals surface area (Å²) in [5.41, 5.74) is 0.458. The monoisotopic (exact) mass is 365 g/mol. The number of carbonyl (C=O) groups is 1. The minimum Gasteiger partial charge on any atom is -0.497 e. The number of carbonyl (C=O) groups excluding carboxylic acids is 1. The fourth-order valence-corrected chi connectivity index (χ4v) is 3.59. The SMILES string of the molecule is COC(=O)[C@H](NS(=O)(=O)c1cc(OC)ccc1OC)c1ccccc1. The Kier molecular flexibility index (Phi) is 6.00. The lowest BCUT2D eigenvalue weighted by molar-refractivity contribution is -0.142. The third kappa shape index (κ3) is 4.28. The van der Waals surface area contributed by atoms with Crippen molar-refractivity contribution in [3.05, 3.63) is 54.1 Å². The zero-order chi connectivity index (χ0) is 18.4. The zero-order valence-electron chi connectivity index (χ0n) is 14.1. The van der Waals surface area contributed by atoms with Gasteiger partial charge in [-0.2, -0.15) is 4.72 Å². The Morgan fingerprint density at radius 2 is 1.68 bits per heavy atom.